The number of nitrogens with zero attached hydrogens (tertiary/aromatic N) is 1. The third kappa shape index (κ3) is 3.35. The Morgan fingerprint density at radius 3 is 2.03 bits per heavy atom. The molecule has 0 spiro atoms. The maximum Gasteiger partial charge on any atom is 0.282 e. The summed E-state index contributed by atoms with van der Waals surface area (Å²) in [5, 5.41) is 3.22. The number of hydrogen-bond donors (Lipinski definition) is 1. The zero-order valence-electron chi connectivity index (χ0n) is 17.1. The van der Waals surface area contributed by atoms with Crippen LogP contribution in [0.3, 0.4) is 0 Å². The predicted molar refractivity (Wildman–Crippen MR) is 118 cm³/mol. The molecular weight excluding hydrogens is 376 g/mol. The molecule has 0 radical (unpaired) electrons. The highest BCUT2D eigenvalue weighted by Crippen LogP contribution is 2.35. The summed E-state index contributed by atoms with van der Waals surface area (Å²) >= 11 is 0. The van der Waals surface area contributed by atoms with E-state index < -0.39 is 0 Å². The van der Waals surface area contributed by atoms with Crippen molar-refractivity contribution in [3.8, 4) is 5.75 Å². The fourth-order valence-corrected chi connectivity index (χ4v) is 3.55. The van der Waals surface area contributed by atoms with Crippen molar-refractivity contribution in [2.75, 3.05) is 17.3 Å². The molecule has 0 atom stereocenters. The Bertz CT molecular complexity index is 1160. The first kappa shape index (κ1) is 19.5. The van der Waals surface area contributed by atoms with Gasteiger partial charge in [-0.15, -0.1) is 0 Å². The molecule has 0 bridgehead atoms. The average molecular weight is 398 g/mol. The van der Waals surface area contributed by atoms with Crippen LogP contribution in [0.25, 0.3) is 5.57 Å². The van der Waals surface area contributed by atoms with E-state index in [0.717, 1.165) is 16.8 Å². The summed E-state index contributed by atoms with van der Waals surface area (Å²) in [7, 11) is 1.59. The highest BCUT2D eigenvalue weighted by atomic mass is 16.5. The standard InChI is InChI=1S/C25H22N2O3/c1-16-8-4-6-10-20(16)26-23-22(18-12-14-19(30-3)15-13-18)24(28)27(25(23)29)21-11-7-5-9-17(21)2/h4-15,26H,1-3H3. The van der Waals surface area contributed by atoms with Crippen molar-refractivity contribution < 1.29 is 14.3 Å². The maximum absolute atomic E-state index is 13.5. The molecule has 0 saturated carbocycles. The Morgan fingerprint density at radius 2 is 1.40 bits per heavy atom. The molecule has 1 aliphatic rings. The van der Waals surface area contributed by atoms with E-state index >= 15 is 0 Å². The molecule has 30 heavy (non-hydrogen) atoms. The van der Waals surface area contributed by atoms with E-state index in [1.807, 2.05) is 56.3 Å². The van der Waals surface area contributed by atoms with Gasteiger partial charge in [0, 0.05) is 5.69 Å². The van der Waals surface area contributed by atoms with Crippen molar-refractivity contribution in [2.45, 2.75) is 13.8 Å². The highest BCUT2D eigenvalue weighted by molar-refractivity contribution is 6.46. The van der Waals surface area contributed by atoms with Crippen LogP contribution >= 0.6 is 0 Å². The van der Waals surface area contributed by atoms with Gasteiger partial charge in [0.05, 0.1) is 18.4 Å². The Hall–Kier alpha value is -3.86. The van der Waals surface area contributed by atoms with Crippen molar-refractivity contribution in [3.63, 3.8) is 0 Å². The fourth-order valence-electron chi connectivity index (χ4n) is 3.55. The number of anilines is 2. The summed E-state index contributed by atoms with van der Waals surface area (Å²) in [6, 6.07) is 22.2. The summed E-state index contributed by atoms with van der Waals surface area (Å²) in [5.41, 5.74) is 4.46. The second-order valence-electron chi connectivity index (χ2n) is 7.15. The highest BCUT2D eigenvalue weighted by Gasteiger charge is 2.40. The zero-order valence-corrected chi connectivity index (χ0v) is 17.1. The van der Waals surface area contributed by atoms with Crippen LogP contribution < -0.4 is 15.0 Å². The lowest BCUT2D eigenvalue weighted by Gasteiger charge is -2.18. The van der Waals surface area contributed by atoms with Gasteiger partial charge in [0.1, 0.15) is 11.4 Å². The zero-order chi connectivity index (χ0) is 21.3. The number of ether oxygens (including phenoxy) is 1. The Labute approximate surface area is 175 Å². The predicted octanol–water partition coefficient (Wildman–Crippen LogP) is 4.71. The van der Waals surface area contributed by atoms with Crippen LogP contribution in [0.4, 0.5) is 11.4 Å². The van der Waals surface area contributed by atoms with Crippen LogP contribution in [0.15, 0.2) is 78.5 Å². The van der Waals surface area contributed by atoms with Gasteiger partial charge in [0.25, 0.3) is 11.8 Å². The Balaban J connectivity index is 1.85. The molecule has 3 aromatic carbocycles. The molecule has 0 saturated heterocycles. The molecule has 150 valence electrons. The molecule has 1 N–H and O–H groups in total. The topological polar surface area (TPSA) is 58.6 Å². The molecule has 4 rings (SSSR count). The molecule has 2 amide bonds. The first-order chi connectivity index (χ1) is 14.5. The minimum absolute atomic E-state index is 0.266. The van der Waals surface area contributed by atoms with Gasteiger partial charge in [-0.3, -0.25) is 9.59 Å². The normalized spacial score (nSPS) is 13.8. The first-order valence-electron chi connectivity index (χ1n) is 9.67. The molecule has 3 aromatic rings. The van der Waals surface area contributed by atoms with Crippen molar-refractivity contribution >= 4 is 28.8 Å². The molecule has 5 heteroatoms. The van der Waals surface area contributed by atoms with Crippen molar-refractivity contribution in [1.82, 2.24) is 0 Å². The summed E-state index contributed by atoms with van der Waals surface area (Å²) < 4.78 is 5.23. The minimum Gasteiger partial charge on any atom is -0.497 e. The number of carbonyl (C=O) groups excluding carboxylic acids is 2. The molecule has 5 nitrogen and oxygen atoms in total. The molecule has 0 aliphatic carbocycles. The van der Waals surface area contributed by atoms with Crippen molar-refractivity contribution in [2.24, 2.45) is 0 Å². The summed E-state index contributed by atoms with van der Waals surface area (Å²) in [6.45, 7) is 3.84. The lowest BCUT2D eigenvalue weighted by atomic mass is 10.0. The van der Waals surface area contributed by atoms with Gasteiger partial charge in [0.2, 0.25) is 0 Å². The number of benzene rings is 3. The van der Waals surface area contributed by atoms with E-state index in [2.05, 4.69) is 5.32 Å². The third-order valence-corrected chi connectivity index (χ3v) is 5.22. The number of amides is 2. The van der Waals surface area contributed by atoms with E-state index in [-0.39, 0.29) is 17.5 Å². The summed E-state index contributed by atoms with van der Waals surface area (Å²) in [6.07, 6.45) is 0. The smallest absolute Gasteiger partial charge is 0.282 e. The summed E-state index contributed by atoms with van der Waals surface area (Å²) in [4.78, 5) is 28.2. The molecule has 0 fully saturated rings. The molecular formula is C25H22N2O3. The number of aryl methyl sites for hydroxylation is 2. The van der Waals surface area contributed by atoms with E-state index in [0.29, 0.717) is 22.6 Å². The van der Waals surface area contributed by atoms with Gasteiger partial charge in [-0.1, -0.05) is 48.5 Å². The third-order valence-electron chi connectivity index (χ3n) is 5.22. The van der Waals surface area contributed by atoms with Crippen molar-refractivity contribution in [1.29, 1.82) is 0 Å². The Kier molecular flexibility index (Phi) is 5.11. The quantitative estimate of drug-likeness (QED) is 0.633. The van der Waals surface area contributed by atoms with Gasteiger partial charge in [-0.25, -0.2) is 4.90 Å². The van der Waals surface area contributed by atoms with Gasteiger partial charge < -0.3 is 10.1 Å². The SMILES string of the molecule is COc1ccc(C2=C(Nc3ccccc3C)C(=O)N(c3ccccc3C)C2=O)cc1. The van der Waals surface area contributed by atoms with Gasteiger partial charge in [-0.05, 0) is 54.8 Å². The number of nitrogens with one attached hydrogen (secondary N) is 1. The van der Waals surface area contributed by atoms with Gasteiger partial charge >= 0.3 is 0 Å². The van der Waals surface area contributed by atoms with E-state index in [9.17, 15) is 9.59 Å². The monoisotopic (exact) mass is 398 g/mol. The summed E-state index contributed by atoms with van der Waals surface area (Å²) in [5.74, 6) is -0.0424. The second-order valence-corrected chi connectivity index (χ2v) is 7.15. The number of methoxy groups -OCH3 is 1. The van der Waals surface area contributed by atoms with Crippen LogP contribution in [-0.2, 0) is 9.59 Å². The number of para-hydroxylation sites is 2. The van der Waals surface area contributed by atoms with Crippen LogP contribution in [0.5, 0.6) is 5.75 Å². The van der Waals surface area contributed by atoms with E-state index in [4.69, 9.17) is 4.74 Å². The molecule has 0 aromatic heterocycles. The number of carbonyl (C=O) groups is 2. The Morgan fingerprint density at radius 1 is 0.767 bits per heavy atom. The second kappa shape index (κ2) is 7.87. The number of hydrogen-bond acceptors (Lipinski definition) is 4. The maximum atomic E-state index is 13.5. The molecule has 1 aliphatic heterocycles. The largest absolute Gasteiger partial charge is 0.497 e. The number of imide groups is 1. The molecule has 0 unspecified atom stereocenters. The molecule has 1 heterocycles. The lowest BCUT2D eigenvalue weighted by Crippen LogP contribution is -2.33. The fraction of sp³-hybridized carbons (Fsp3) is 0.120. The van der Waals surface area contributed by atoms with Crippen LogP contribution in [0, 0.1) is 13.8 Å². The van der Waals surface area contributed by atoms with E-state index in [1.165, 1.54) is 4.90 Å². The van der Waals surface area contributed by atoms with Crippen LogP contribution in [0.2, 0.25) is 0 Å². The van der Waals surface area contributed by atoms with E-state index in [1.54, 1.807) is 37.4 Å². The first-order valence-corrected chi connectivity index (χ1v) is 9.67. The van der Waals surface area contributed by atoms with Gasteiger partial charge in [0.15, 0.2) is 0 Å². The van der Waals surface area contributed by atoms with Crippen molar-refractivity contribution in [3.05, 3.63) is 95.2 Å². The lowest BCUT2D eigenvalue weighted by molar-refractivity contribution is -0.120. The van der Waals surface area contributed by atoms with Gasteiger partial charge in [-0.2, -0.15) is 0 Å². The minimum atomic E-state index is -0.372. The number of rotatable bonds is 5. The average Bonchev–Trinajstić information content (AvgIpc) is 3.00. The van der Waals surface area contributed by atoms with Crippen LogP contribution in [0.1, 0.15) is 16.7 Å². The van der Waals surface area contributed by atoms with Crippen LogP contribution in [-0.4, -0.2) is 18.9 Å².